The van der Waals surface area contributed by atoms with Crippen LogP contribution >= 0.6 is 15.9 Å². The van der Waals surface area contributed by atoms with E-state index < -0.39 is 4.92 Å². The highest BCUT2D eigenvalue weighted by Crippen LogP contribution is 2.31. The lowest BCUT2D eigenvalue weighted by Crippen LogP contribution is -2.38. The SMILES string of the molecule is COc1cc(C(=O)N2CCC(C)C2CBr)ccc1[N+](=O)[O-]. The first-order valence-electron chi connectivity index (χ1n) is 6.69. The van der Waals surface area contributed by atoms with Crippen molar-refractivity contribution >= 4 is 27.5 Å². The van der Waals surface area contributed by atoms with Crippen molar-refractivity contribution in [3.8, 4) is 5.75 Å². The number of alkyl halides is 1. The monoisotopic (exact) mass is 356 g/mol. The molecule has 0 saturated carbocycles. The molecule has 1 aromatic carbocycles. The summed E-state index contributed by atoms with van der Waals surface area (Å²) >= 11 is 3.45. The molecule has 114 valence electrons. The number of nitro groups is 1. The van der Waals surface area contributed by atoms with E-state index in [1.165, 1.54) is 25.3 Å². The third-order valence-corrected chi connectivity index (χ3v) is 4.59. The molecule has 1 aromatic rings. The number of benzene rings is 1. The van der Waals surface area contributed by atoms with Gasteiger partial charge in [0.15, 0.2) is 5.75 Å². The molecule has 6 nitrogen and oxygen atoms in total. The number of nitro benzene ring substituents is 1. The Morgan fingerprint density at radius 1 is 1.57 bits per heavy atom. The van der Waals surface area contributed by atoms with Gasteiger partial charge in [0.25, 0.3) is 5.91 Å². The molecule has 1 fully saturated rings. The van der Waals surface area contributed by atoms with E-state index in [0.717, 1.165) is 11.8 Å². The number of carbonyl (C=O) groups is 1. The molecule has 0 bridgehead atoms. The fourth-order valence-corrected chi connectivity index (χ4v) is 3.61. The number of likely N-dealkylation sites (tertiary alicyclic amines) is 1. The van der Waals surface area contributed by atoms with Gasteiger partial charge in [0.1, 0.15) is 0 Å². The molecule has 1 aliphatic rings. The molecule has 1 heterocycles. The average molecular weight is 357 g/mol. The van der Waals surface area contributed by atoms with Gasteiger partial charge in [-0.25, -0.2) is 0 Å². The van der Waals surface area contributed by atoms with Crippen molar-refractivity contribution in [2.45, 2.75) is 19.4 Å². The molecule has 7 heteroatoms. The molecule has 0 N–H and O–H groups in total. The van der Waals surface area contributed by atoms with Crippen molar-refractivity contribution in [3.05, 3.63) is 33.9 Å². The van der Waals surface area contributed by atoms with E-state index in [4.69, 9.17) is 4.74 Å². The first kappa shape index (κ1) is 15.8. The number of amides is 1. The molecule has 2 rings (SSSR count). The fraction of sp³-hybridized carbons (Fsp3) is 0.500. The molecule has 21 heavy (non-hydrogen) atoms. The zero-order chi connectivity index (χ0) is 15.6. The largest absolute Gasteiger partial charge is 0.490 e. The second-order valence-electron chi connectivity index (χ2n) is 5.13. The van der Waals surface area contributed by atoms with Crippen LogP contribution in [0.15, 0.2) is 18.2 Å². The van der Waals surface area contributed by atoms with Gasteiger partial charge in [-0.3, -0.25) is 14.9 Å². The lowest BCUT2D eigenvalue weighted by Gasteiger charge is -2.25. The smallest absolute Gasteiger partial charge is 0.310 e. The summed E-state index contributed by atoms with van der Waals surface area (Å²) < 4.78 is 5.01. The number of hydrogen-bond acceptors (Lipinski definition) is 4. The maximum atomic E-state index is 12.6. The van der Waals surface area contributed by atoms with Gasteiger partial charge in [-0.15, -0.1) is 0 Å². The summed E-state index contributed by atoms with van der Waals surface area (Å²) in [5, 5.41) is 11.6. The van der Waals surface area contributed by atoms with E-state index in [2.05, 4.69) is 22.9 Å². The van der Waals surface area contributed by atoms with Crippen LogP contribution in [0, 0.1) is 16.0 Å². The van der Waals surface area contributed by atoms with Gasteiger partial charge < -0.3 is 9.64 Å². The van der Waals surface area contributed by atoms with Crippen molar-refractivity contribution < 1.29 is 14.5 Å². The summed E-state index contributed by atoms with van der Waals surface area (Å²) in [6, 6.07) is 4.39. The number of halogens is 1. The average Bonchev–Trinajstić information content (AvgIpc) is 2.86. The maximum Gasteiger partial charge on any atom is 0.310 e. The van der Waals surface area contributed by atoms with Gasteiger partial charge in [0, 0.05) is 35.6 Å². The molecule has 0 aliphatic carbocycles. The Labute approximate surface area is 131 Å². The van der Waals surface area contributed by atoms with Crippen LogP contribution in [0.1, 0.15) is 23.7 Å². The molecule has 2 unspecified atom stereocenters. The molecular weight excluding hydrogens is 340 g/mol. The summed E-state index contributed by atoms with van der Waals surface area (Å²) in [4.78, 5) is 24.8. The number of rotatable bonds is 4. The number of ether oxygens (including phenoxy) is 1. The topological polar surface area (TPSA) is 72.7 Å². The predicted molar refractivity (Wildman–Crippen MR) is 82.0 cm³/mol. The Kier molecular flexibility index (Phi) is 4.82. The van der Waals surface area contributed by atoms with E-state index in [0.29, 0.717) is 18.0 Å². The van der Waals surface area contributed by atoms with Crippen molar-refractivity contribution in [3.63, 3.8) is 0 Å². The van der Waals surface area contributed by atoms with E-state index in [-0.39, 0.29) is 23.4 Å². The van der Waals surface area contributed by atoms with Gasteiger partial charge in [-0.05, 0) is 18.4 Å². The van der Waals surface area contributed by atoms with Crippen LogP contribution in [0.2, 0.25) is 0 Å². The highest BCUT2D eigenvalue weighted by atomic mass is 79.9. The van der Waals surface area contributed by atoms with Crippen LogP contribution in [-0.4, -0.2) is 40.8 Å². The van der Waals surface area contributed by atoms with Crippen LogP contribution < -0.4 is 4.74 Å². The Hall–Kier alpha value is -1.63. The van der Waals surface area contributed by atoms with E-state index in [1.807, 2.05) is 4.90 Å². The molecule has 0 aromatic heterocycles. The Morgan fingerprint density at radius 3 is 2.86 bits per heavy atom. The van der Waals surface area contributed by atoms with Crippen molar-refractivity contribution in [2.24, 2.45) is 5.92 Å². The first-order valence-corrected chi connectivity index (χ1v) is 7.81. The molecule has 2 atom stereocenters. The van der Waals surface area contributed by atoms with Crippen molar-refractivity contribution in [2.75, 3.05) is 19.0 Å². The molecule has 1 aliphatic heterocycles. The molecular formula is C14H17BrN2O4. The van der Waals surface area contributed by atoms with E-state index in [1.54, 1.807) is 0 Å². The molecule has 1 amide bonds. The zero-order valence-electron chi connectivity index (χ0n) is 11.9. The van der Waals surface area contributed by atoms with E-state index in [9.17, 15) is 14.9 Å². The van der Waals surface area contributed by atoms with Gasteiger partial charge >= 0.3 is 5.69 Å². The van der Waals surface area contributed by atoms with Gasteiger partial charge in [-0.2, -0.15) is 0 Å². The summed E-state index contributed by atoms with van der Waals surface area (Å²) in [6.07, 6.45) is 0.964. The predicted octanol–water partition coefficient (Wildman–Crippen LogP) is 2.85. The number of carbonyl (C=O) groups excluding carboxylic acids is 1. The van der Waals surface area contributed by atoms with Crippen LogP contribution in [0.4, 0.5) is 5.69 Å². The van der Waals surface area contributed by atoms with Crippen molar-refractivity contribution in [1.82, 2.24) is 4.90 Å². The van der Waals surface area contributed by atoms with Gasteiger partial charge in [-0.1, -0.05) is 22.9 Å². The summed E-state index contributed by atoms with van der Waals surface area (Å²) in [5.74, 6) is 0.429. The third-order valence-electron chi connectivity index (χ3n) is 3.92. The minimum Gasteiger partial charge on any atom is -0.490 e. The Morgan fingerprint density at radius 2 is 2.29 bits per heavy atom. The molecule has 1 saturated heterocycles. The minimum atomic E-state index is -0.522. The van der Waals surface area contributed by atoms with Gasteiger partial charge in [0.05, 0.1) is 12.0 Å². The lowest BCUT2D eigenvalue weighted by atomic mass is 10.0. The Bertz CT molecular complexity index is 564. The summed E-state index contributed by atoms with van der Waals surface area (Å²) in [6.45, 7) is 2.82. The molecule has 0 radical (unpaired) electrons. The zero-order valence-corrected chi connectivity index (χ0v) is 13.5. The van der Waals surface area contributed by atoms with Gasteiger partial charge in [0.2, 0.25) is 0 Å². The fourth-order valence-electron chi connectivity index (χ4n) is 2.62. The van der Waals surface area contributed by atoms with E-state index >= 15 is 0 Å². The lowest BCUT2D eigenvalue weighted by molar-refractivity contribution is -0.385. The molecule has 0 spiro atoms. The first-order chi connectivity index (χ1) is 9.99. The second-order valence-corrected chi connectivity index (χ2v) is 5.78. The second kappa shape index (κ2) is 6.43. The van der Waals surface area contributed by atoms with Crippen molar-refractivity contribution in [1.29, 1.82) is 0 Å². The van der Waals surface area contributed by atoms with Crippen LogP contribution in [-0.2, 0) is 0 Å². The highest BCUT2D eigenvalue weighted by molar-refractivity contribution is 9.09. The summed E-state index contributed by atoms with van der Waals surface area (Å²) in [7, 11) is 1.36. The van der Waals surface area contributed by atoms with Crippen LogP contribution in [0.25, 0.3) is 0 Å². The highest BCUT2D eigenvalue weighted by Gasteiger charge is 2.34. The third kappa shape index (κ3) is 3.02. The number of nitrogens with zero attached hydrogens (tertiary/aromatic N) is 2. The summed E-state index contributed by atoms with van der Waals surface area (Å²) in [5.41, 5.74) is 0.276. The normalized spacial score (nSPS) is 21.4. The standard InChI is InChI=1S/C14H17BrN2O4/c1-9-5-6-16(12(9)8-15)14(18)10-3-4-11(17(19)20)13(7-10)21-2/h3-4,7,9,12H,5-6,8H2,1-2H3. The van der Waals surface area contributed by atoms with Crippen LogP contribution in [0.3, 0.4) is 0 Å². The Balaban J connectivity index is 2.30. The minimum absolute atomic E-state index is 0.105. The number of hydrogen-bond donors (Lipinski definition) is 0. The maximum absolute atomic E-state index is 12.6. The number of methoxy groups -OCH3 is 1. The quantitative estimate of drug-likeness (QED) is 0.472. The van der Waals surface area contributed by atoms with Crippen LogP contribution in [0.5, 0.6) is 5.75 Å².